The van der Waals surface area contributed by atoms with Crippen molar-refractivity contribution in [3.8, 4) is 0 Å². The van der Waals surface area contributed by atoms with Crippen molar-refractivity contribution in [1.82, 2.24) is 9.82 Å². The zero-order valence-electron chi connectivity index (χ0n) is 12.6. The standard InChI is InChI=1S/C16H12F3N3O2S/c17-16(18,19)13-6-8-15(20-10-13)21-22-25(23,24)14-7-5-11-3-1-2-4-12(11)9-14/h1-10,22H,(H,20,21). The van der Waals surface area contributed by atoms with Crippen LogP contribution >= 0.6 is 0 Å². The van der Waals surface area contributed by atoms with E-state index in [2.05, 4.69) is 15.2 Å². The van der Waals surface area contributed by atoms with Crippen LogP contribution in [0.15, 0.2) is 65.7 Å². The van der Waals surface area contributed by atoms with Crippen LogP contribution in [-0.4, -0.2) is 13.4 Å². The maximum atomic E-state index is 12.5. The van der Waals surface area contributed by atoms with E-state index in [1.807, 2.05) is 12.1 Å². The smallest absolute Gasteiger partial charge is 0.292 e. The van der Waals surface area contributed by atoms with Crippen molar-refractivity contribution < 1.29 is 21.6 Å². The topological polar surface area (TPSA) is 71.1 Å². The van der Waals surface area contributed by atoms with Gasteiger partial charge in [-0.2, -0.15) is 13.2 Å². The maximum Gasteiger partial charge on any atom is 0.417 e. The molecule has 2 aromatic carbocycles. The second-order valence-corrected chi connectivity index (χ2v) is 6.85. The minimum absolute atomic E-state index is 0.0191. The lowest BCUT2D eigenvalue weighted by Crippen LogP contribution is -2.30. The summed E-state index contributed by atoms with van der Waals surface area (Å²) in [6.45, 7) is 0. The van der Waals surface area contributed by atoms with Crippen LogP contribution < -0.4 is 10.3 Å². The molecule has 3 rings (SSSR count). The summed E-state index contributed by atoms with van der Waals surface area (Å²) in [5.41, 5.74) is 1.37. The zero-order chi connectivity index (χ0) is 18.1. The molecular weight excluding hydrogens is 355 g/mol. The van der Waals surface area contributed by atoms with Gasteiger partial charge in [-0.15, -0.1) is 4.83 Å². The first-order valence-corrected chi connectivity index (χ1v) is 8.54. The summed E-state index contributed by atoms with van der Waals surface area (Å²) >= 11 is 0. The fourth-order valence-electron chi connectivity index (χ4n) is 2.15. The monoisotopic (exact) mass is 367 g/mol. The highest BCUT2D eigenvalue weighted by atomic mass is 32.2. The van der Waals surface area contributed by atoms with Crippen LogP contribution in [0.3, 0.4) is 0 Å². The Morgan fingerprint density at radius 1 is 0.920 bits per heavy atom. The molecule has 9 heteroatoms. The fraction of sp³-hybridized carbons (Fsp3) is 0.0625. The Labute approximate surface area is 141 Å². The Bertz CT molecular complexity index is 1000. The highest BCUT2D eigenvalue weighted by Gasteiger charge is 2.30. The van der Waals surface area contributed by atoms with E-state index < -0.39 is 21.8 Å². The van der Waals surface area contributed by atoms with Gasteiger partial charge in [0.15, 0.2) is 0 Å². The molecular formula is C16H12F3N3O2S. The Hall–Kier alpha value is -2.65. The van der Waals surface area contributed by atoms with Crippen molar-refractivity contribution in [3.63, 3.8) is 0 Å². The number of benzene rings is 2. The largest absolute Gasteiger partial charge is 0.417 e. The van der Waals surface area contributed by atoms with Crippen LogP contribution in [0.4, 0.5) is 19.0 Å². The van der Waals surface area contributed by atoms with E-state index in [-0.39, 0.29) is 10.7 Å². The summed E-state index contributed by atoms with van der Waals surface area (Å²) in [5, 5.41) is 1.64. The normalized spacial score (nSPS) is 12.3. The number of rotatable bonds is 4. The first-order valence-electron chi connectivity index (χ1n) is 7.06. The molecule has 1 aromatic heterocycles. The van der Waals surface area contributed by atoms with Gasteiger partial charge in [-0.3, -0.25) is 5.43 Å². The third-order valence-corrected chi connectivity index (χ3v) is 4.68. The first kappa shape index (κ1) is 17.2. The molecule has 1 heterocycles. The van der Waals surface area contributed by atoms with Crippen LogP contribution in [-0.2, 0) is 16.2 Å². The number of nitrogens with one attached hydrogen (secondary N) is 2. The summed E-state index contributed by atoms with van der Waals surface area (Å²) in [7, 11) is -3.91. The molecule has 0 amide bonds. The number of halogens is 3. The van der Waals surface area contributed by atoms with Gasteiger partial charge in [-0.05, 0) is 35.0 Å². The molecule has 0 saturated heterocycles. The molecule has 2 N–H and O–H groups in total. The van der Waals surface area contributed by atoms with E-state index >= 15 is 0 Å². The molecule has 5 nitrogen and oxygen atoms in total. The van der Waals surface area contributed by atoms with E-state index in [0.29, 0.717) is 6.20 Å². The van der Waals surface area contributed by atoms with Gasteiger partial charge in [0.25, 0.3) is 10.0 Å². The zero-order valence-corrected chi connectivity index (χ0v) is 13.4. The van der Waals surface area contributed by atoms with Crippen molar-refractivity contribution >= 4 is 26.6 Å². The van der Waals surface area contributed by atoms with Gasteiger partial charge in [0, 0.05) is 6.20 Å². The average molecular weight is 367 g/mol. The van der Waals surface area contributed by atoms with E-state index in [1.165, 1.54) is 12.1 Å². The minimum Gasteiger partial charge on any atom is -0.292 e. The molecule has 0 aliphatic rings. The quantitative estimate of drug-likeness (QED) is 0.692. The molecule has 0 atom stereocenters. The Morgan fingerprint density at radius 3 is 2.28 bits per heavy atom. The van der Waals surface area contributed by atoms with Gasteiger partial charge < -0.3 is 0 Å². The number of aromatic nitrogens is 1. The van der Waals surface area contributed by atoms with Crippen LogP contribution in [0.5, 0.6) is 0 Å². The number of pyridine rings is 1. The molecule has 0 aliphatic carbocycles. The number of hydrazine groups is 1. The lowest BCUT2D eigenvalue weighted by atomic mass is 10.1. The number of fused-ring (bicyclic) bond motifs is 1. The summed E-state index contributed by atoms with van der Waals surface area (Å²) in [6.07, 6.45) is -3.89. The number of hydrogen-bond acceptors (Lipinski definition) is 4. The first-order chi connectivity index (χ1) is 11.8. The molecule has 0 spiro atoms. The summed E-state index contributed by atoms with van der Waals surface area (Å²) in [6, 6.07) is 13.7. The van der Waals surface area contributed by atoms with Crippen molar-refractivity contribution in [2.45, 2.75) is 11.1 Å². The van der Waals surface area contributed by atoms with Gasteiger partial charge in [-0.1, -0.05) is 30.3 Å². The van der Waals surface area contributed by atoms with Crippen LogP contribution in [0.25, 0.3) is 10.8 Å². The number of anilines is 1. The van der Waals surface area contributed by atoms with E-state index in [4.69, 9.17) is 0 Å². The van der Waals surface area contributed by atoms with Crippen LogP contribution in [0.1, 0.15) is 5.56 Å². The third kappa shape index (κ3) is 3.89. The lowest BCUT2D eigenvalue weighted by Gasteiger charge is -2.11. The molecule has 0 unspecified atom stereocenters. The van der Waals surface area contributed by atoms with Crippen molar-refractivity contribution in [3.05, 3.63) is 66.4 Å². The summed E-state index contributed by atoms with van der Waals surface area (Å²) in [4.78, 5) is 5.65. The van der Waals surface area contributed by atoms with Crippen molar-refractivity contribution in [2.75, 3.05) is 5.43 Å². The van der Waals surface area contributed by atoms with E-state index in [0.717, 1.165) is 22.9 Å². The minimum atomic E-state index is -4.50. The SMILES string of the molecule is O=S(=O)(NNc1ccc(C(F)(F)F)cn1)c1ccc2ccccc2c1. The molecule has 0 aliphatic heterocycles. The van der Waals surface area contributed by atoms with Crippen LogP contribution in [0, 0.1) is 0 Å². The number of nitrogens with zero attached hydrogens (tertiary/aromatic N) is 1. The second kappa shape index (κ2) is 6.34. The van der Waals surface area contributed by atoms with E-state index in [9.17, 15) is 21.6 Å². The Kier molecular flexibility index (Phi) is 4.36. The third-order valence-electron chi connectivity index (χ3n) is 3.44. The molecule has 0 saturated carbocycles. The lowest BCUT2D eigenvalue weighted by molar-refractivity contribution is -0.137. The number of hydrogen-bond donors (Lipinski definition) is 2. The summed E-state index contributed by atoms with van der Waals surface area (Å²) in [5.74, 6) is -0.0580. The fourth-order valence-corrected chi connectivity index (χ4v) is 3.03. The molecule has 0 fully saturated rings. The van der Waals surface area contributed by atoms with Gasteiger partial charge >= 0.3 is 6.18 Å². The van der Waals surface area contributed by atoms with Gasteiger partial charge in [0.2, 0.25) is 0 Å². The molecule has 130 valence electrons. The highest BCUT2D eigenvalue weighted by molar-refractivity contribution is 7.89. The Morgan fingerprint density at radius 2 is 1.64 bits per heavy atom. The predicted octanol–water partition coefficient (Wildman–Crippen LogP) is 3.56. The Balaban J connectivity index is 1.76. The molecule has 25 heavy (non-hydrogen) atoms. The van der Waals surface area contributed by atoms with Gasteiger partial charge in [-0.25, -0.2) is 13.4 Å². The number of alkyl halides is 3. The second-order valence-electron chi connectivity index (χ2n) is 5.17. The average Bonchev–Trinajstić information content (AvgIpc) is 2.59. The number of sulfonamides is 1. The molecule has 0 bridgehead atoms. The van der Waals surface area contributed by atoms with Crippen molar-refractivity contribution in [1.29, 1.82) is 0 Å². The predicted molar refractivity (Wildman–Crippen MR) is 87.1 cm³/mol. The van der Waals surface area contributed by atoms with Gasteiger partial charge in [0.05, 0.1) is 10.5 Å². The summed E-state index contributed by atoms with van der Waals surface area (Å²) < 4.78 is 62.0. The van der Waals surface area contributed by atoms with Crippen molar-refractivity contribution in [2.24, 2.45) is 0 Å². The highest BCUT2D eigenvalue weighted by Crippen LogP contribution is 2.28. The van der Waals surface area contributed by atoms with Gasteiger partial charge in [0.1, 0.15) is 5.82 Å². The van der Waals surface area contributed by atoms with E-state index in [1.54, 1.807) is 18.2 Å². The molecule has 3 aromatic rings. The van der Waals surface area contributed by atoms with Crippen LogP contribution in [0.2, 0.25) is 0 Å². The molecule has 0 radical (unpaired) electrons. The maximum absolute atomic E-state index is 12.5.